The number of carbonyl (C=O) groups excluding carboxylic acids is 2. The molecule has 0 aromatic carbocycles. The number of nitrogens with one attached hydrogen (secondary N) is 1. The van der Waals surface area contributed by atoms with Gasteiger partial charge in [0, 0.05) is 18.8 Å². The highest BCUT2D eigenvalue weighted by atomic mass is 16.4. The molecule has 23 heavy (non-hydrogen) atoms. The van der Waals surface area contributed by atoms with Crippen molar-refractivity contribution in [3.63, 3.8) is 0 Å². The van der Waals surface area contributed by atoms with Gasteiger partial charge >= 0.3 is 5.97 Å². The number of carbonyl (C=O) groups is 3. The topological polar surface area (TPSA) is 83.5 Å². The van der Waals surface area contributed by atoms with Gasteiger partial charge in [-0.3, -0.25) is 9.59 Å². The van der Waals surface area contributed by atoms with Gasteiger partial charge in [0.15, 0.2) is 0 Å². The smallest absolute Gasteiger partial charge is 0.326 e. The quantitative estimate of drug-likeness (QED) is 0.639. The van der Waals surface area contributed by atoms with Gasteiger partial charge in [0.05, 0.1) is 0 Å². The molecule has 1 amide bonds. The molecule has 5 nitrogen and oxygen atoms in total. The van der Waals surface area contributed by atoms with Crippen molar-refractivity contribution in [3.05, 3.63) is 12.2 Å². The van der Waals surface area contributed by atoms with E-state index in [1.807, 2.05) is 32.9 Å². The first-order chi connectivity index (χ1) is 10.8. The van der Waals surface area contributed by atoms with Crippen LogP contribution < -0.4 is 5.32 Å². The van der Waals surface area contributed by atoms with Crippen LogP contribution in [0.1, 0.15) is 59.3 Å². The minimum atomic E-state index is -1.00. The van der Waals surface area contributed by atoms with Crippen LogP contribution in [0.25, 0.3) is 0 Å². The van der Waals surface area contributed by atoms with Crippen molar-refractivity contribution in [3.8, 4) is 0 Å². The molecule has 130 valence electrons. The summed E-state index contributed by atoms with van der Waals surface area (Å²) in [7, 11) is 0. The number of ketones is 1. The largest absolute Gasteiger partial charge is 0.480 e. The van der Waals surface area contributed by atoms with Gasteiger partial charge in [0.1, 0.15) is 11.8 Å². The van der Waals surface area contributed by atoms with Gasteiger partial charge in [-0.2, -0.15) is 0 Å². The van der Waals surface area contributed by atoms with Gasteiger partial charge in [-0.05, 0) is 37.5 Å². The molecule has 3 unspecified atom stereocenters. The maximum Gasteiger partial charge on any atom is 0.326 e. The van der Waals surface area contributed by atoms with Gasteiger partial charge < -0.3 is 10.4 Å². The highest BCUT2D eigenvalue weighted by Crippen LogP contribution is 2.34. The maximum atomic E-state index is 12.2. The summed E-state index contributed by atoms with van der Waals surface area (Å²) in [6, 6.07) is -0.849. The minimum Gasteiger partial charge on any atom is -0.480 e. The summed E-state index contributed by atoms with van der Waals surface area (Å²) in [6.45, 7) is 5.89. The molecule has 0 spiro atoms. The van der Waals surface area contributed by atoms with E-state index in [4.69, 9.17) is 0 Å². The van der Waals surface area contributed by atoms with Crippen LogP contribution in [0.4, 0.5) is 0 Å². The molecule has 3 atom stereocenters. The predicted molar refractivity (Wildman–Crippen MR) is 88.9 cm³/mol. The number of allylic oxidation sites excluding steroid dienone is 2. The number of amides is 1. The van der Waals surface area contributed by atoms with Crippen molar-refractivity contribution >= 4 is 17.7 Å². The third-order valence-corrected chi connectivity index (χ3v) is 4.32. The molecule has 0 bridgehead atoms. The van der Waals surface area contributed by atoms with Crippen LogP contribution in [0.5, 0.6) is 0 Å². The van der Waals surface area contributed by atoms with Crippen LogP contribution in [0.2, 0.25) is 0 Å². The predicted octanol–water partition coefficient (Wildman–Crippen LogP) is 2.94. The molecule has 1 aliphatic carbocycles. The van der Waals surface area contributed by atoms with Crippen molar-refractivity contribution in [1.29, 1.82) is 0 Å². The van der Waals surface area contributed by atoms with E-state index in [9.17, 15) is 19.5 Å². The molecular formula is C18H29NO4. The molecule has 0 saturated heterocycles. The Bertz CT molecular complexity index is 456. The molecule has 0 aliphatic heterocycles. The molecule has 2 N–H and O–H groups in total. The lowest BCUT2D eigenvalue weighted by Gasteiger charge is -2.20. The molecule has 0 radical (unpaired) electrons. The van der Waals surface area contributed by atoms with Gasteiger partial charge in [0.25, 0.3) is 0 Å². The Labute approximate surface area is 138 Å². The second kappa shape index (κ2) is 9.48. The van der Waals surface area contributed by atoms with E-state index in [0.29, 0.717) is 19.3 Å². The van der Waals surface area contributed by atoms with Gasteiger partial charge in [-0.1, -0.05) is 32.9 Å². The van der Waals surface area contributed by atoms with Crippen molar-refractivity contribution in [2.24, 2.45) is 17.8 Å². The monoisotopic (exact) mass is 323 g/mol. The van der Waals surface area contributed by atoms with Crippen LogP contribution in [-0.4, -0.2) is 28.8 Å². The summed E-state index contributed by atoms with van der Waals surface area (Å²) >= 11 is 0. The maximum absolute atomic E-state index is 12.2. The number of hydrogen-bond donors (Lipinski definition) is 2. The lowest BCUT2D eigenvalue weighted by Crippen LogP contribution is -2.42. The molecule has 0 aromatic rings. The Hall–Kier alpha value is -1.65. The first-order valence-corrected chi connectivity index (χ1v) is 8.55. The fraction of sp³-hybridized carbons (Fsp3) is 0.722. The normalized spacial score (nSPS) is 22.7. The number of hydrogen-bond acceptors (Lipinski definition) is 3. The summed E-state index contributed by atoms with van der Waals surface area (Å²) in [6.07, 6.45) is 7.55. The third kappa shape index (κ3) is 6.55. The van der Waals surface area contributed by atoms with E-state index in [-0.39, 0.29) is 35.9 Å². The SMILES string of the molecule is CCC=CCC1C(=O)CCC1CC(=O)NC(CC(C)C)C(=O)O. The zero-order valence-corrected chi connectivity index (χ0v) is 14.4. The zero-order chi connectivity index (χ0) is 17.4. The van der Waals surface area contributed by atoms with Gasteiger partial charge in [0.2, 0.25) is 5.91 Å². The first-order valence-electron chi connectivity index (χ1n) is 8.55. The summed E-state index contributed by atoms with van der Waals surface area (Å²) in [5.41, 5.74) is 0. The van der Waals surface area contributed by atoms with Crippen LogP contribution in [0.3, 0.4) is 0 Å². The highest BCUT2D eigenvalue weighted by molar-refractivity contribution is 5.87. The van der Waals surface area contributed by atoms with Crippen molar-refractivity contribution < 1.29 is 19.5 Å². The van der Waals surface area contributed by atoms with E-state index >= 15 is 0 Å². The lowest BCUT2D eigenvalue weighted by atomic mass is 9.89. The molecule has 1 fully saturated rings. The molecule has 1 saturated carbocycles. The van der Waals surface area contributed by atoms with Crippen molar-refractivity contribution in [2.75, 3.05) is 0 Å². The molecule has 0 aromatic heterocycles. The Morgan fingerprint density at radius 2 is 2.04 bits per heavy atom. The second-order valence-corrected chi connectivity index (χ2v) is 6.78. The molecule has 0 heterocycles. The first kappa shape index (κ1) is 19.4. The van der Waals surface area contributed by atoms with E-state index in [1.165, 1.54) is 0 Å². The summed E-state index contributed by atoms with van der Waals surface area (Å²) in [4.78, 5) is 35.4. The summed E-state index contributed by atoms with van der Waals surface area (Å²) in [5.74, 6) is -0.925. The molecule has 1 aliphatic rings. The van der Waals surface area contributed by atoms with E-state index < -0.39 is 12.0 Å². The Balaban J connectivity index is 2.58. The number of Topliss-reactive ketones (excluding diaryl/α,β-unsaturated/α-hetero) is 1. The van der Waals surface area contributed by atoms with E-state index in [0.717, 1.165) is 12.8 Å². The Morgan fingerprint density at radius 3 is 2.61 bits per heavy atom. The van der Waals surface area contributed by atoms with E-state index in [1.54, 1.807) is 0 Å². The molecular weight excluding hydrogens is 294 g/mol. The van der Waals surface area contributed by atoms with Crippen LogP contribution >= 0.6 is 0 Å². The fourth-order valence-corrected chi connectivity index (χ4v) is 3.14. The average Bonchev–Trinajstić information content (AvgIpc) is 2.79. The van der Waals surface area contributed by atoms with Crippen LogP contribution in [-0.2, 0) is 14.4 Å². The van der Waals surface area contributed by atoms with Crippen molar-refractivity contribution in [2.45, 2.75) is 65.3 Å². The summed E-state index contributed by atoms with van der Waals surface area (Å²) in [5, 5.41) is 11.8. The third-order valence-electron chi connectivity index (χ3n) is 4.32. The van der Waals surface area contributed by atoms with Gasteiger partial charge in [-0.25, -0.2) is 4.79 Å². The molecule has 5 heteroatoms. The second-order valence-electron chi connectivity index (χ2n) is 6.78. The number of aliphatic carboxylic acids is 1. The fourth-order valence-electron chi connectivity index (χ4n) is 3.14. The highest BCUT2D eigenvalue weighted by Gasteiger charge is 2.35. The number of rotatable bonds is 9. The Morgan fingerprint density at radius 1 is 1.35 bits per heavy atom. The van der Waals surface area contributed by atoms with Crippen molar-refractivity contribution in [1.82, 2.24) is 5.32 Å². The number of carboxylic acids is 1. The van der Waals surface area contributed by atoms with Crippen LogP contribution in [0.15, 0.2) is 12.2 Å². The van der Waals surface area contributed by atoms with E-state index in [2.05, 4.69) is 5.32 Å². The zero-order valence-electron chi connectivity index (χ0n) is 14.4. The minimum absolute atomic E-state index is 0.0255. The summed E-state index contributed by atoms with van der Waals surface area (Å²) < 4.78 is 0. The van der Waals surface area contributed by atoms with Crippen LogP contribution in [0, 0.1) is 17.8 Å². The lowest BCUT2D eigenvalue weighted by molar-refractivity contribution is -0.142. The van der Waals surface area contributed by atoms with Gasteiger partial charge in [-0.15, -0.1) is 0 Å². The molecule has 1 rings (SSSR count). The average molecular weight is 323 g/mol. The Kier molecular flexibility index (Phi) is 8.00. The standard InChI is InChI=1S/C18H29NO4/c1-4-5-6-7-14-13(8-9-16(14)20)11-17(21)19-15(18(22)23)10-12(2)3/h5-6,12-15H,4,7-11H2,1-3H3,(H,19,21)(H,22,23). The number of carboxylic acid groups (broad SMARTS) is 1.